The van der Waals surface area contributed by atoms with E-state index in [0.717, 1.165) is 18.2 Å². The molecular formula is C12H12F2N2O. The van der Waals surface area contributed by atoms with Gasteiger partial charge >= 0.3 is 0 Å². The molecule has 3 nitrogen and oxygen atoms in total. The van der Waals surface area contributed by atoms with Crippen LogP contribution in [0.2, 0.25) is 0 Å². The third kappa shape index (κ3) is 2.69. The van der Waals surface area contributed by atoms with Crippen molar-refractivity contribution < 1.29 is 13.2 Å². The molecule has 0 amide bonds. The van der Waals surface area contributed by atoms with Crippen LogP contribution in [0.25, 0.3) is 0 Å². The molecule has 1 aromatic carbocycles. The Morgan fingerprint density at radius 1 is 1.29 bits per heavy atom. The Labute approximate surface area is 97.2 Å². The first-order valence-electron chi connectivity index (χ1n) is 5.14. The molecule has 2 aromatic rings. The van der Waals surface area contributed by atoms with Gasteiger partial charge in [0.25, 0.3) is 0 Å². The molecule has 3 N–H and O–H groups in total. The first-order valence-corrected chi connectivity index (χ1v) is 5.14. The average Bonchev–Trinajstić information content (AvgIpc) is 2.84. The monoisotopic (exact) mass is 238 g/mol. The summed E-state index contributed by atoms with van der Waals surface area (Å²) in [5.41, 5.74) is 2.77. The second-order valence-electron chi connectivity index (χ2n) is 3.67. The molecule has 1 unspecified atom stereocenters. The highest BCUT2D eigenvalue weighted by Crippen LogP contribution is 2.20. The Morgan fingerprint density at radius 2 is 2.12 bits per heavy atom. The van der Waals surface area contributed by atoms with Gasteiger partial charge in [0.2, 0.25) is 0 Å². The fourth-order valence-corrected chi connectivity index (χ4v) is 1.65. The number of furan rings is 1. The normalized spacial score (nSPS) is 12.6. The van der Waals surface area contributed by atoms with Gasteiger partial charge in [0.15, 0.2) is 0 Å². The maximum atomic E-state index is 13.4. The van der Waals surface area contributed by atoms with Crippen LogP contribution in [0.3, 0.4) is 0 Å². The zero-order valence-corrected chi connectivity index (χ0v) is 8.99. The van der Waals surface area contributed by atoms with Crippen LogP contribution >= 0.6 is 0 Å². The van der Waals surface area contributed by atoms with Crippen molar-refractivity contribution >= 4 is 0 Å². The SMILES string of the molecule is NNC(Cc1cc(F)ccc1F)c1ccco1. The van der Waals surface area contributed by atoms with Crippen molar-refractivity contribution in [2.24, 2.45) is 5.84 Å². The maximum absolute atomic E-state index is 13.4. The fraction of sp³-hybridized carbons (Fsp3) is 0.167. The van der Waals surface area contributed by atoms with E-state index in [0.29, 0.717) is 5.76 Å². The van der Waals surface area contributed by atoms with Crippen LogP contribution in [-0.2, 0) is 6.42 Å². The summed E-state index contributed by atoms with van der Waals surface area (Å²) in [5.74, 6) is 5.02. The molecule has 1 heterocycles. The van der Waals surface area contributed by atoms with Gasteiger partial charge in [-0.05, 0) is 42.3 Å². The average molecular weight is 238 g/mol. The van der Waals surface area contributed by atoms with Crippen LogP contribution in [0.15, 0.2) is 41.0 Å². The Balaban J connectivity index is 2.21. The van der Waals surface area contributed by atoms with Crippen LogP contribution in [0.1, 0.15) is 17.4 Å². The highest BCUT2D eigenvalue weighted by Gasteiger charge is 2.15. The van der Waals surface area contributed by atoms with Crippen LogP contribution in [-0.4, -0.2) is 0 Å². The van der Waals surface area contributed by atoms with E-state index in [-0.39, 0.29) is 18.0 Å². The van der Waals surface area contributed by atoms with E-state index in [2.05, 4.69) is 5.43 Å². The van der Waals surface area contributed by atoms with E-state index in [1.54, 1.807) is 12.1 Å². The molecule has 0 aliphatic rings. The van der Waals surface area contributed by atoms with Gasteiger partial charge in [-0.25, -0.2) is 14.2 Å². The van der Waals surface area contributed by atoms with Crippen molar-refractivity contribution in [1.82, 2.24) is 5.43 Å². The standard InChI is InChI=1S/C12H12F2N2O/c13-9-3-4-10(14)8(6-9)7-11(16-15)12-2-1-5-17-12/h1-6,11,16H,7,15H2. The molecule has 1 atom stereocenters. The summed E-state index contributed by atoms with van der Waals surface area (Å²) in [6.45, 7) is 0. The number of nitrogens with one attached hydrogen (secondary N) is 1. The molecule has 0 saturated carbocycles. The van der Waals surface area contributed by atoms with E-state index < -0.39 is 11.6 Å². The van der Waals surface area contributed by atoms with Crippen molar-refractivity contribution in [3.05, 3.63) is 59.6 Å². The smallest absolute Gasteiger partial charge is 0.126 e. The summed E-state index contributed by atoms with van der Waals surface area (Å²) < 4.78 is 31.6. The van der Waals surface area contributed by atoms with Crippen molar-refractivity contribution in [3.63, 3.8) is 0 Å². The molecule has 1 aromatic heterocycles. The summed E-state index contributed by atoms with van der Waals surface area (Å²) in [6, 6.07) is 6.38. The predicted octanol–water partition coefficient (Wildman–Crippen LogP) is 2.30. The van der Waals surface area contributed by atoms with Gasteiger partial charge in [-0.1, -0.05) is 0 Å². The lowest BCUT2D eigenvalue weighted by Gasteiger charge is -2.13. The van der Waals surface area contributed by atoms with E-state index in [4.69, 9.17) is 10.3 Å². The van der Waals surface area contributed by atoms with Crippen LogP contribution < -0.4 is 11.3 Å². The highest BCUT2D eigenvalue weighted by molar-refractivity contribution is 5.21. The Morgan fingerprint density at radius 3 is 2.76 bits per heavy atom. The molecule has 0 bridgehead atoms. The number of hydrogen-bond acceptors (Lipinski definition) is 3. The molecule has 90 valence electrons. The highest BCUT2D eigenvalue weighted by atomic mass is 19.1. The lowest BCUT2D eigenvalue weighted by Crippen LogP contribution is -2.29. The van der Waals surface area contributed by atoms with Gasteiger partial charge < -0.3 is 4.42 Å². The van der Waals surface area contributed by atoms with Gasteiger partial charge in [0.05, 0.1) is 12.3 Å². The Bertz CT molecular complexity index is 485. The summed E-state index contributed by atoms with van der Waals surface area (Å²) in [4.78, 5) is 0. The van der Waals surface area contributed by atoms with E-state index in [1.165, 1.54) is 6.26 Å². The summed E-state index contributed by atoms with van der Waals surface area (Å²) in [6.07, 6.45) is 1.72. The van der Waals surface area contributed by atoms with Crippen LogP contribution in [0.4, 0.5) is 8.78 Å². The fourth-order valence-electron chi connectivity index (χ4n) is 1.65. The zero-order chi connectivity index (χ0) is 12.3. The second kappa shape index (κ2) is 5.07. The van der Waals surface area contributed by atoms with E-state index >= 15 is 0 Å². The van der Waals surface area contributed by atoms with Gasteiger partial charge in [-0.3, -0.25) is 5.84 Å². The Kier molecular flexibility index (Phi) is 3.51. The van der Waals surface area contributed by atoms with Crippen LogP contribution in [0.5, 0.6) is 0 Å². The molecule has 0 aliphatic carbocycles. The van der Waals surface area contributed by atoms with Crippen molar-refractivity contribution in [2.75, 3.05) is 0 Å². The lowest BCUT2D eigenvalue weighted by molar-refractivity contribution is 0.411. The topological polar surface area (TPSA) is 51.2 Å². The molecule has 2 rings (SSSR count). The van der Waals surface area contributed by atoms with Crippen molar-refractivity contribution in [1.29, 1.82) is 0 Å². The molecule has 0 radical (unpaired) electrons. The molecular weight excluding hydrogens is 226 g/mol. The van der Waals surface area contributed by atoms with E-state index in [1.807, 2.05) is 0 Å². The number of hydrogen-bond donors (Lipinski definition) is 2. The minimum Gasteiger partial charge on any atom is -0.468 e. The third-order valence-corrected chi connectivity index (χ3v) is 2.52. The summed E-state index contributed by atoms with van der Waals surface area (Å²) in [5, 5.41) is 0. The molecule has 0 saturated heterocycles. The lowest BCUT2D eigenvalue weighted by atomic mass is 10.0. The van der Waals surface area contributed by atoms with Gasteiger partial charge in [-0.15, -0.1) is 0 Å². The number of halogens is 2. The van der Waals surface area contributed by atoms with Crippen LogP contribution in [0, 0.1) is 11.6 Å². The molecule has 5 heteroatoms. The van der Waals surface area contributed by atoms with Crippen molar-refractivity contribution in [3.8, 4) is 0 Å². The second-order valence-corrected chi connectivity index (χ2v) is 3.67. The number of nitrogens with two attached hydrogens (primary N) is 1. The number of rotatable bonds is 4. The maximum Gasteiger partial charge on any atom is 0.126 e. The molecule has 0 aliphatic heterocycles. The predicted molar refractivity (Wildman–Crippen MR) is 58.8 cm³/mol. The summed E-state index contributed by atoms with van der Waals surface area (Å²) in [7, 11) is 0. The Hall–Kier alpha value is -1.72. The number of hydrazine groups is 1. The van der Waals surface area contributed by atoms with E-state index in [9.17, 15) is 8.78 Å². The first kappa shape index (κ1) is 11.8. The van der Waals surface area contributed by atoms with Gasteiger partial charge in [0, 0.05) is 0 Å². The first-order chi connectivity index (χ1) is 8.20. The molecule has 17 heavy (non-hydrogen) atoms. The largest absolute Gasteiger partial charge is 0.468 e. The number of benzene rings is 1. The van der Waals surface area contributed by atoms with Gasteiger partial charge in [-0.2, -0.15) is 0 Å². The molecule has 0 fully saturated rings. The third-order valence-electron chi connectivity index (χ3n) is 2.52. The molecule has 0 spiro atoms. The zero-order valence-electron chi connectivity index (χ0n) is 8.99. The summed E-state index contributed by atoms with van der Waals surface area (Å²) >= 11 is 0. The van der Waals surface area contributed by atoms with Crippen molar-refractivity contribution in [2.45, 2.75) is 12.5 Å². The minimum absolute atomic E-state index is 0.216. The minimum atomic E-state index is -0.475. The van der Waals surface area contributed by atoms with Gasteiger partial charge in [0.1, 0.15) is 17.4 Å². The quantitative estimate of drug-likeness (QED) is 0.634.